The maximum atomic E-state index is 4.55. The van der Waals surface area contributed by atoms with E-state index in [-0.39, 0.29) is 0 Å². The van der Waals surface area contributed by atoms with Crippen LogP contribution in [0.3, 0.4) is 0 Å². The number of nitrogens with one attached hydrogen (secondary N) is 1. The third kappa shape index (κ3) is 2.69. The molecule has 1 aliphatic rings. The second-order valence-electron chi connectivity index (χ2n) is 5.80. The van der Waals surface area contributed by atoms with Crippen LogP contribution in [-0.4, -0.2) is 10.8 Å². The lowest BCUT2D eigenvalue weighted by atomic mass is 9.93. The zero-order chi connectivity index (χ0) is 16.5. The molecule has 0 spiro atoms. The molecule has 2 heterocycles. The number of pyridine rings is 1. The molecule has 0 fully saturated rings. The molecule has 4 rings (SSSR count). The predicted molar refractivity (Wildman–Crippen MR) is 102 cm³/mol. The van der Waals surface area contributed by atoms with E-state index in [0.29, 0.717) is 0 Å². The highest BCUT2D eigenvalue weighted by atomic mass is 32.2. The van der Waals surface area contributed by atoms with Gasteiger partial charge in [0.25, 0.3) is 0 Å². The molecule has 4 heteroatoms. The summed E-state index contributed by atoms with van der Waals surface area (Å²) in [5.74, 6) is 0.935. The van der Waals surface area contributed by atoms with Crippen LogP contribution in [0.2, 0.25) is 0 Å². The lowest BCUT2D eigenvalue weighted by Crippen LogP contribution is -2.13. The first-order valence-corrected chi connectivity index (χ1v) is 8.67. The third-order valence-electron chi connectivity index (χ3n) is 4.06. The molecule has 0 bridgehead atoms. The average Bonchev–Trinajstić information content (AvgIpc) is 2.62. The Hall–Kier alpha value is -2.59. The maximum Gasteiger partial charge on any atom is 0.109 e. The van der Waals surface area contributed by atoms with Crippen molar-refractivity contribution in [3.63, 3.8) is 0 Å². The fraction of sp³-hybridized carbons (Fsp3) is 0.100. The second-order valence-corrected chi connectivity index (χ2v) is 6.64. The number of rotatable bonds is 2. The van der Waals surface area contributed by atoms with Crippen molar-refractivity contribution in [3.8, 4) is 22.4 Å². The fourth-order valence-corrected chi connectivity index (χ4v) is 3.65. The summed E-state index contributed by atoms with van der Waals surface area (Å²) in [6.07, 6.45) is 1.84. The average molecular weight is 331 g/mol. The van der Waals surface area contributed by atoms with Gasteiger partial charge in [0.05, 0.1) is 16.3 Å². The van der Waals surface area contributed by atoms with Crippen molar-refractivity contribution in [2.75, 3.05) is 0 Å². The zero-order valence-electron chi connectivity index (χ0n) is 13.6. The number of hydrogen-bond donors (Lipinski definition) is 1. The van der Waals surface area contributed by atoms with Gasteiger partial charge in [-0.05, 0) is 66.8 Å². The van der Waals surface area contributed by atoms with Crippen LogP contribution < -0.4 is 4.72 Å². The topological polar surface area (TPSA) is 37.3 Å². The van der Waals surface area contributed by atoms with E-state index in [0.717, 1.165) is 22.1 Å². The molecule has 118 valence electrons. The summed E-state index contributed by atoms with van der Waals surface area (Å²) in [6, 6.07) is 18.9. The number of amidine groups is 1. The van der Waals surface area contributed by atoms with Crippen LogP contribution in [0.15, 0.2) is 70.7 Å². The third-order valence-corrected chi connectivity index (χ3v) is 5.01. The van der Waals surface area contributed by atoms with Gasteiger partial charge >= 0.3 is 0 Å². The molecular formula is C20H17N3S. The quantitative estimate of drug-likeness (QED) is 0.640. The standard InChI is InChI=1S/C20H17N3S/c1-13-6-5-7-16(20(13)18-8-3-4-11-21-18)15-9-10-17-19(12-15)24-23-14(2)22-17/h3-12H,1-2H3,(H,22,23). The van der Waals surface area contributed by atoms with Gasteiger partial charge in [0.15, 0.2) is 0 Å². The lowest BCUT2D eigenvalue weighted by Gasteiger charge is -2.17. The molecule has 3 nitrogen and oxygen atoms in total. The van der Waals surface area contributed by atoms with E-state index < -0.39 is 0 Å². The van der Waals surface area contributed by atoms with Crippen molar-refractivity contribution >= 4 is 23.5 Å². The molecule has 1 aliphatic heterocycles. The molecule has 3 aromatic rings. The number of benzene rings is 2. The van der Waals surface area contributed by atoms with Crippen LogP contribution in [0.1, 0.15) is 12.5 Å². The van der Waals surface area contributed by atoms with E-state index >= 15 is 0 Å². The highest BCUT2D eigenvalue weighted by molar-refractivity contribution is 7.98. The summed E-state index contributed by atoms with van der Waals surface area (Å²) in [4.78, 5) is 10.3. The smallest absolute Gasteiger partial charge is 0.109 e. The minimum Gasteiger partial charge on any atom is -0.314 e. The highest BCUT2D eigenvalue weighted by Crippen LogP contribution is 2.39. The van der Waals surface area contributed by atoms with Crippen molar-refractivity contribution < 1.29 is 0 Å². The molecule has 1 N–H and O–H groups in total. The van der Waals surface area contributed by atoms with Crippen LogP contribution in [0.4, 0.5) is 5.69 Å². The summed E-state index contributed by atoms with van der Waals surface area (Å²) >= 11 is 1.62. The van der Waals surface area contributed by atoms with Crippen molar-refractivity contribution in [1.29, 1.82) is 0 Å². The van der Waals surface area contributed by atoms with E-state index in [1.807, 2.05) is 25.3 Å². The van der Waals surface area contributed by atoms with Crippen molar-refractivity contribution in [2.45, 2.75) is 18.7 Å². The minimum atomic E-state index is 0.935. The van der Waals surface area contributed by atoms with E-state index in [2.05, 4.69) is 64.1 Å². The van der Waals surface area contributed by atoms with Gasteiger partial charge in [0, 0.05) is 11.8 Å². The van der Waals surface area contributed by atoms with Gasteiger partial charge in [-0.15, -0.1) is 0 Å². The Morgan fingerprint density at radius 2 is 1.88 bits per heavy atom. The Kier molecular flexibility index (Phi) is 3.82. The van der Waals surface area contributed by atoms with Gasteiger partial charge in [-0.1, -0.05) is 30.3 Å². The first-order chi connectivity index (χ1) is 11.7. The summed E-state index contributed by atoms with van der Waals surface area (Å²) in [6.45, 7) is 4.11. The minimum absolute atomic E-state index is 0.935. The molecular weight excluding hydrogens is 314 g/mol. The molecule has 0 amide bonds. The van der Waals surface area contributed by atoms with Crippen molar-refractivity contribution in [1.82, 2.24) is 9.71 Å². The molecule has 0 atom stereocenters. The van der Waals surface area contributed by atoms with Crippen molar-refractivity contribution in [3.05, 3.63) is 66.4 Å². The van der Waals surface area contributed by atoms with Crippen LogP contribution in [-0.2, 0) is 0 Å². The maximum absolute atomic E-state index is 4.55. The first kappa shape index (κ1) is 15.0. The van der Waals surface area contributed by atoms with Crippen molar-refractivity contribution in [2.24, 2.45) is 4.99 Å². The number of hydrogen-bond acceptors (Lipinski definition) is 4. The number of aromatic nitrogens is 1. The Balaban J connectivity index is 1.88. The van der Waals surface area contributed by atoms with E-state index in [9.17, 15) is 0 Å². The Morgan fingerprint density at radius 3 is 2.71 bits per heavy atom. The SMILES string of the molecule is CC1=Nc2ccc(-c3cccc(C)c3-c3ccccn3)cc2SN1. The van der Waals surface area contributed by atoms with Gasteiger partial charge in [0.1, 0.15) is 5.84 Å². The molecule has 0 saturated carbocycles. The van der Waals surface area contributed by atoms with Gasteiger partial charge in [-0.2, -0.15) is 0 Å². The fourth-order valence-electron chi connectivity index (χ4n) is 2.95. The summed E-state index contributed by atoms with van der Waals surface area (Å²) in [7, 11) is 0. The predicted octanol–water partition coefficient (Wildman–Crippen LogP) is 5.38. The van der Waals surface area contributed by atoms with E-state index in [4.69, 9.17) is 0 Å². The van der Waals surface area contributed by atoms with Gasteiger partial charge in [-0.3, -0.25) is 4.98 Å². The Morgan fingerprint density at radius 1 is 0.958 bits per heavy atom. The Bertz CT molecular complexity index is 933. The van der Waals surface area contributed by atoms with Crippen LogP contribution in [0.5, 0.6) is 0 Å². The van der Waals surface area contributed by atoms with Crippen LogP contribution in [0, 0.1) is 6.92 Å². The van der Waals surface area contributed by atoms with Gasteiger partial charge in [0.2, 0.25) is 0 Å². The number of fused-ring (bicyclic) bond motifs is 1. The second kappa shape index (κ2) is 6.13. The summed E-state index contributed by atoms with van der Waals surface area (Å²) < 4.78 is 3.23. The zero-order valence-corrected chi connectivity index (χ0v) is 14.4. The Labute approximate surface area is 146 Å². The van der Waals surface area contributed by atoms with Gasteiger partial charge in [-0.25, -0.2) is 4.99 Å². The van der Waals surface area contributed by atoms with Crippen LogP contribution in [0.25, 0.3) is 22.4 Å². The van der Waals surface area contributed by atoms with Crippen LogP contribution >= 0.6 is 11.9 Å². The molecule has 0 unspecified atom stereocenters. The highest BCUT2D eigenvalue weighted by Gasteiger charge is 2.15. The normalized spacial score (nSPS) is 13.0. The number of aryl methyl sites for hydroxylation is 1. The van der Waals surface area contributed by atoms with E-state index in [1.54, 1.807) is 11.9 Å². The number of aliphatic imine (C=N–C) groups is 1. The summed E-state index contributed by atoms with van der Waals surface area (Å²) in [5.41, 5.74) is 6.82. The molecule has 1 aromatic heterocycles. The van der Waals surface area contributed by atoms with E-state index in [1.165, 1.54) is 22.3 Å². The number of nitrogens with zero attached hydrogens (tertiary/aromatic N) is 2. The molecule has 0 saturated heterocycles. The first-order valence-electron chi connectivity index (χ1n) is 7.86. The lowest BCUT2D eigenvalue weighted by molar-refractivity contribution is 1.27. The van der Waals surface area contributed by atoms with Gasteiger partial charge < -0.3 is 4.72 Å². The summed E-state index contributed by atoms with van der Waals surface area (Å²) in [5, 5.41) is 0. The molecule has 0 radical (unpaired) electrons. The largest absolute Gasteiger partial charge is 0.314 e. The molecule has 2 aromatic carbocycles. The molecule has 0 aliphatic carbocycles. The molecule has 24 heavy (non-hydrogen) atoms. The monoisotopic (exact) mass is 331 g/mol.